The van der Waals surface area contributed by atoms with Crippen molar-refractivity contribution < 1.29 is 45.0 Å². The number of para-hydroxylation sites is 1. The van der Waals surface area contributed by atoms with Crippen LogP contribution in [0.5, 0.6) is 11.5 Å². The third kappa shape index (κ3) is 14.0. The highest BCUT2D eigenvalue weighted by Crippen LogP contribution is 2.14. The van der Waals surface area contributed by atoms with Crippen LogP contribution < -0.4 is 0 Å². The second-order valence-corrected chi connectivity index (χ2v) is 6.88. The summed E-state index contributed by atoms with van der Waals surface area (Å²) in [6.45, 7) is 2.41. The highest BCUT2D eigenvalue weighted by Gasteiger charge is 2.05. The Balaban J connectivity index is 0.000000448. The molecule has 0 aliphatic rings. The van der Waals surface area contributed by atoms with Crippen molar-refractivity contribution in [3.63, 3.8) is 0 Å². The molecule has 0 saturated heterocycles. The zero-order valence-corrected chi connectivity index (χ0v) is 19.4. The molecule has 9 nitrogen and oxygen atoms in total. The quantitative estimate of drug-likeness (QED) is 0.296. The van der Waals surface area contributed by atoms with Crippen molar-refractivity contribution in [1.29, 1.82) is 0 Å². The van der Waals surface area contributed by atoms with Crippen molar-refractivity contribution in [2.24, 2.45) is 0 Å². The third-order valence-electron chi connectivity index (χ3n) is 4.08. The van der Waals surface area contributed by atoms with E-state index in [0.717, 1.165) is 5.56 Å². The lowest BCUT2D eigenvalue weighted by Gasteiger charge is -1.95. The first-order valence-electron chi connectivity index (χ1n) is 10.3. The van der Waals surface area contributed by atoms with Crippen LogP contribution >= 0.6 is 0 Å². The van der Waals surface area contributed by atoms with E-state index in [0.29, 0.717) is 5.56 Å². The standard InChI is InChI=1S/C8H8O2.C7H6O3.C7H8O2.C4H8O2/c9-6-8(10)7-4-2-1-3-5-7;8-6-4-2-1-3-5(6)7(9)10;8-5-6-1-3-7(9)4-2-6;1-3(5)4(2)6/h1-5,9H,6H2;1-4,8H,(H,9,10);1-4,8-9H,5H2;3,5H,1-2H3. The van der Waals surface area contributed by atoms with Gasteiger partial charge < -0.3 is 30.6 Å². The molecular formula is C26H30O9. The van der Waals surface area contributed by atoms with Crippen LogP contribution in [0.25, 0.3) is 0 Å². The maximum Gasteiger partial charge on any atom is 0.339 e. The minimum Gasteiger partial charge on any atom is -0.508 e. The fourth-order valence-corrected chi connectivity index (χ4v) is 1.97. The molecule has 1 atom stereocenters. The number of carboxylic acid groups (broad SMARTS) is 1. The summed E-state index contributed by atoms with van der Waals surface area (Å²) < 4.78 is 0. The van der Waals surface area contributed by atoms with Crippen molar-refractivity contribution in [3.8, 4) is 11.5 Å². The van der Waals surface area contributed by atoms with Crippen LogP contribution in [-0.2, 0) is 11.4 Å². The van der Waals surface area contributed by atoms with Gasteiger partial charge in [0, 0.05) is 5.56 Å². The molecule has 1 unspecified atom stereocenters. The molecule has 0 aliphatic carbocycles. The van der Waals surface area contributed by atoms with Crippen molar-refractivity contribution in [1.82, 2.24) is 0 Å². The molecule has 0 aliphatic heterocycles. The second-order valence-electron chi connectivity index (χ2n) is 6.88. The first kappa shape index (κ1) is 31.0. The van der Waals surface area contributed by atoms with E-state index in [1.807, 2.05) is 6.07 Å². The fourth-order valence-electron chi connectivity index (χ4n) is 1.97. The van der Waals surface area contributed by atoms with Gasteiger partial charge in [-0.2, -0.15) is 0 Å². The number of hydrogen-bond donors (Lipinski definition) is 6. The van der Waals surface area contributed by atoms with Gasteiger partial charge in [0.05, 0.1) is 6.61 Å². The van der Waals surface area contributed by atoms with Crippen molar-refractivity contribution in [2.45, 2.75) is 26.6 Å². The van der Waals surface area contributed by atoms with Crippen LogP contribution in [0, 0.1) is 0 Å². The van der Waals surface area contributed by atoms with Gasteiger partial charge in [-0.15, -0.1) is 0 Å². The number of aromatic carboxylic acids is 1. The number of Topliss-reactive ketones (excluding diaryl/α,β-unsaturated/α-hetero) is 2. The second kappa shape index (κ2) is 17.4. The number of aliphatic hydroxyl groups is 3. The van der Waals surface area contributed by atoms with E-state index in [9.17, 15) is 14.4 Å². The highest BCUT2D eigenvalue weighted by molar-refractivity contribution is 5.96. The summed E-state index contributed by atoms with van der Waals surface area (Å²) in [7, 11) is 0. The Morgan fingerprint density at radius 1 is 0.800 bits per heavy atom. The van der Waals surface area contributed by atoms with E-state index in [1.54, 1.807) is 60.7 Å². The Bertz CT molecular complexity index is 1030. The molecule has 0 aromatic heterocycles. The fraction of sp³-hybridized carbons (Fsp3) is 0.192. The van der Waals surface area contributed by atoms with Gasteiger partial charge >= 0.3 is 5.97 Å². The normalized spacial score (nSPS) is 10.1. The number of hydrogen-bond acceptors (Lipinski definition) is 8. The molecule has 0 spiro atoms. The van der Waals surface area contributed by atoms with E-state index in [4.69, 9.17) is 30.6 Å². The van der Waals surface area contributed by atoms with Gasteiger partial charge in [-0.3, -0.25) is 9.59 Å². The lowest BCUT2D eigenvalue weighted by atomic mass is 10.1. The zero-order valence-electron chi connectivity index (χ0n) is 19.4. The summed E-state index contributed by atoms with van der Waals surface area (Å²) in [6.07, 6.45) is -0.787. The number of aromatic hydroxyl groups is 2. The van der Waals surface area contributed by atoms with Crippen LogP contribution in [0.1, 0.15) is 40.1 Å². The molecule has 35 heavy (non-hydrogen) atoms. The minimum atomic E-state index is -1.11. The Morgan fingerprint density at radius 2 is 1.29 bits per heavy atom. The number of carbonyl (C=O) groups excluding carboxylic acids is 2. The monoisotopic (exact) mass is 486 g/mol. The molecule has 0 bridgehead atoms. The topological polar surface area (TPSA) is 173 Å². The van der Waals surface area contributed by atoms with Gasteiger partial charge in [0.15, 0.2) is 11.6 Å². The third-order valence-corrected chi connectivity index (χ3v) is 4.08. The van der Waals surface area contributed by atoms with E-state index >= 15 is 0 Å². The van der Waals surface area contributed by atoms with Gasteiger partial charge in [0.25, 0.3) is 0 Å². The van der Waals surface area contributed by atoms with E-state index in [-0.39, 0.29) is 35.2 Å². The molecule has 0 amide bonds. The number of ketones is 2. The van der Waals surface area contributed by atoms with Crippen LogP contribution in [0.3, 0.4) is 0 Å². The highest BCUT2D eigenvalue weighted by atomic mass is 16.4. The Hall–Kier alpha value is -4.05. The first-order valence-corrected chi connectivity index (χ1v) is 10.3. The molecule has 188 valence electrons. The molecule has 0 fully saturated rings. The average Bonchev–Trinajstić information content (AvgIpc) is 2.86. The zero-order chi connectivity index (χ0) is 26.8. The van der Waals surface area contributed by atoms with Gasteiger partial charge in [0.1, 0.15) is 29.8 Å². The largest absolute Gasteiger partial charge is 0.508 e. The number of rotatable bonds is 5. The first-order chi connectivity index (χ1) is 16.5. The lowest BCUT2D eigenvalue weighted by molar-refractivity contribution is -0.124. The number of carboxylic acids is 1. The average molecular weight is 487 g/mol. The van der Waals surface area contributed by atoms with Gasteiger partial charge in [-0.25, -0.2) is 4.79 Å². The van der Waals surface area contributed by atoms with E-state index in [2.05, 4.69) is 0 Å². The number of benzene rings is 3. The lowest BCUT2D eigenvalue weighted by Crippen LogP contribution is -2.10. The summed E-state index contributed by atoms with van der Waals surface area (Å²) in [5.74, 6) is -1.50. The predicted octanol–water partition coefficient (Wildman–Crippen LogP) is 2.79. The van der Waals surface area contributed by atoms with Crippen LogP contribution in [0.15, 0.2) is 78.9 Å². The van der Waals surface area contributed by atoms with Gasteiger partial charge in [0.2, 0.25) is 0 Å². The number of aliphatic hydroxyl groups excluding tert-OH is 3. The molecule has 6 N–H and O–H groups in total. The molecule has 0 radical (unpaired) electrons. The maximum absolute atomic E-state index is 10.8. The smallest absolute Gasteiger partial charge is 0.339 e. The number of carbonyl (C=O) groups is 3. The van der Waals surface area contributed by atoms with Crippen LogP contribution in [-0.4, -0.2) is 60.9 Å². The summed E-state index contributed by atoms with van der Waals surface area (Å²) in [5.41, 5.74) is 1.31. The van der Waals surface area contributed by atoms with E-state index in [1.165, 1.54) is 26.0 Å². The molecule has 9 heteroatoms. The SMILES string of the molecule is CC(=O)C(C)O.O=C(CO)c1ccccc1.O=C(O)c1ccccc1O.OCc1ccc(O)cc1. The Labute approximate surface area is 203 Å². The molecular weight excluding hydrogens is 456 g/mol. The summed E-state index contributed by atoms with van der Waals surface area (Å²) in [4.78, 5) is 30.9. The van der Waals surface area contributed by atoms with Gasteiger partial charge in [-0.1, -0.05) is 54.6 Å². The molecule has 0 heterocycles. The molecule has 3 rings (SSSR count). The van der Waals surface area contributed by atoms with E-state index < -0.39 is 18.7 Å². The van der Waals surface area contributed by atoms with Crippen molar-refractivity contribution in [2.75, 3.05) is 6.61 Å². The molecule has 3 aromatic rings. The van der Waals surface area contributed by atoms with Crippen LogP contribution in [0.2, 0.25) is 0 Å². The molecule has 3 aromatic carbocycles. The Kier molecular flexibility index (Phi) is 15.4. The minimum absolute atomic E-state index is 0.0281. The van der Waals surface area contributed by atoms with Crippen molar-refractivity contribution in [3.05, 3.63) is 95.6 Å². The van der Waals surface area contributed by atoms with Crippen LogP contribution in [0.4, 0.5) is 0 Å². The maximum atomic E-state index is 10.8. The number of phenols is 2. The van der Waals surface area contributed by atoms with Crippen molar-refractivity contribution >= 4 is 17.5 Å². The summed E-state index contributed by atoms with van der Waals surface area (Å²) in [6, 6.07) is 21.0. The Morgan fingerprint density at radius 3 is 1.66 bits per heavy atom. The summed E-state index contributed by atoms with van der Waals surface area (Å²) >= 11 is 0. The molecule has 0 saturated carbocycles. The predicted molar refractivity (Wildman–Crippen MR) is 129 cm³/mol. The summed E-state index contributed by atoms with van der Waals surface area (Å²) in [5, 5.41) is 51.3. The number of phenolic OH excluding ortho intramolecular Hbond substituents is 1. The van der Waals surface area contributed by atoms with Gasteiger partial charge in [-0.05, 0) is 43.7 Å².